The van der Waals surface area contributed by atoms with E-state index in [1.165, 1.54) is 0 Å². The topological polar surface area (TPSA) is 75.9 Å². The van der Waals surface area contributed by atoms with Crippen LogP contribution in [-0.2, 0) is 9.53 Å². The van der Waals surface area contributed by atoms with Crippen molar-refractivity contribution in [2.45, 2.75) is 30.9 Å². The summed E-state index contributed by atoms with van der Waals surface area (Å²) >= 11 is 0. The lowest BCUT2D eigenvalue weighted by Crippen LogP contribution is -2.52. The lowest BCUT2D eigenvalue weighted by Gasteiger charge is -2.49. The Labute approximate surface area is 187 Å². The van der Waals surface area contributed by atoms with Crippen LogP contribution in [0.2, 0.25) is 0 Å². The molecule has 3 aliphatic rings. The van der Waals surface area contributed by atoms with E-state index in [2.05, 4.69) is 0 Å². The summed E-state index contributed by atoms with van der Waals surface area (Å²) in [6.07, 6.45) is 0.603. The number of nitro groups is 1. The summed E-state index contributed by atoms with van der Waals surface area (Å²) in [7, 11) is 3.72. The third-order valence-electron chi connectivity index (χ3n) is 7.21. The first-order valence-corrected chi connectivity index (χ1v) is 11.1. The maximum Gasteiger partial charge on any atom is 0.256 e. The van der Waals surface area contributed by atoms with Gasteiger partial charge in [0.2, 0.25) is 6.04 Å². The Balaban J connectivity index is 1.63. The van der Waals surface area contributed by atoms with E-state index >= 15 is 0 Å². The van der Waals surface area contributed by atoms with Crippen molar-refractivity contribution >= 4 is 5.91 Å². The van der Waals surface area contributed by atoms with Crippen molar-refractivity contribution < 1.29 is 14.5 Å². The second-order valence-electron chi connectivity index (χ2n) is 9.12. The zero-order valence-electron chi connectivity index (χ0n) is 18.3. The number of benzene rings is 2. The first-order valence-electron chi connectivity index (χ1n) is 11.1. The van der Waals surface area contributed by atoms with Gasteiger partial charge in [-0.15, -0.1) is 0 Å². The molecule has 5 atom stereocenters. The minimum Gasteiger partial charge on any atom is -0.470 e. The number of amides is 1. The predicted octanol–water partition coefficient (Wildman–Crippen LogP) is 3.79. The molecule has 5 rings (SSSR count). The molecule has 2 aromatic rings. The highest BCUT2D eigenvalue weighted by Crippen LogP contribution is 2.54. The summed E-state index contributed by atoms with van der Waals surface area (Å²) in [5.41, 5.74) is 2.62. The van der Waals surface area contributed by atoms with Gasteiger partial charge in [-0.2, -0.15) is 0 Å². The molecule has 2 aromatic carbocycles. The predicted molar refractivity (Wildman–Crippen MR) is 119 cm³/mol. The molecule has 0 unspecified atom stereocenters. The van der Waals surface area contributed by atoms with Gasteiger partial charge in [0.25, 0.3) is 5.91 Å². The molecule has 7 heteroatoms. The summed E-state index contributed by atoms with van der Waals surface area (Å²) in [5, 5.41) is 12.2. The Bertz CT molecular complexity index is 1060. The molecule has 32 heavy (non-hydrogen) atoms. The summed E-state index contributed by atoms with van der Waals surface area (Å²) in [5.74, 6) is 0.0834. The molecule has 0 aromatic heterocycles. The van der Waals surface area contributed by atoms with Crippen molar-refractivity contribution in [2.75, 3.05) is 20.8 Å². The van der Waals surface area contributed by atoms with Gasteiger partial charge in [0.1, 0.15) is 6.10 Å². The molecule has 166 valence electrons. The van der Waals surface area contributed by atoms with Gasteiger partial charge < -0.3 is 14.5 Å². The van der Waals surface area contributed by atoms with E-state index in [-0.39, 0.29) is 34.7 Å². The van der Waals surface area contributed by atoms with Crippen molar-refractivity contribution in [1.29, 1.82) is 0 Å². The normalized spacial score (nSPS) is 29.8. The van der Waals surface area contributed by atoms with Crippen LogP contribution in [0.25, 0.3) is 0 Å². The van der Waals surface area contributed by atoms with E-state index < -0.39 is 6.04 Å². The molecule has 1 amide bonds. The number of nitrogens with zero attached hydrogens (tertiary/aromatic N) is 3. The Hall–Kier alpha value is -3.35. The minimum atomic E-state index is -0.718. The molecule has 1 aliphatic carbocycles. The van der Waals surface area contributed by atoms with Gasteiger partial charge in [0, 0.05) is 37.3 Å². The molecular formula is C25H27N3O4. The zero-order chi connectivity index (χ0) is 22.4. The molecular weight excluding hydrogens is 406 g/mol. The third-order valence-corrected chi connectivity index (χ3v) is 7.21. The number of ether oxygens (including phenoxy) is 1. The number of carbonyl (C=O) groups excluding carboxylic acids is 1. The Kier molecular flexibility index (Phi) is 5.12. The summed E-state index contributed by atoms with van der Waals surface area (Å²) in [6, 6.07) is 18.9. The van der Waals surface area contributed by atoms with Gasteiger partial charge in [-0.3, -0.25) is 14.9 Å². The number of rotatable bonds is 3. The number of hydrogen-bond acceptors (Lipinski definition) is 5. The highest BCUT2D eigenvalue weighted by atomic mass is 16.6. The average molecular weight is 434 g/mol. The van der Waals surface area contributed by atoms with Crippen LogP contribution < -0.4 is 0 Å². The van der Waals surface area contributed by atoms with Crippen LogP contribution in [0.1, 0.15) is 36.0 Å². The van der Waals surface area contributed by atoms with Crippen molar-refractivity contribution in [1.82, 2.24) is 9.80 Å². The quantitative estimate of drug-likeness (QED) is 0.544. The molecule has 0 N–H and O–H groups in total. The van der Waals surface area contributed by atoms with E-state index in [1.807, 2.05) is 72.6 Å². The van der Waals surface area contributed by atoms with Crippen molar-refractivity contribution in [3.63, 3.8) is 0 Å². The van der Waals surface area contributed by atoms with Crippen LogP contribution in [0, 0.1) is 22.0 Å². The smallest absolute Gasteiger partial charge is 0.256 e. The summed E-state index contributed by atoms with van der Waals surface area (Å²) in [4.78, 5) is 29.0. The third kappa shape index (κ3) is 3.32. The average Bonchev–Trinajstić information content (AvgIpc) is 2.82. The Morgan fingerprint density at radius 1 is 0.906 bits per heavy atom. The molecule has 2 aliphatic heterocycles. The molecule has 1 saturated carbocycles. The van der Waals surface area contributed by atoms with Gasteiger partial charge in [-0.25, -0.2) is 0 Å². The first kappa shape index (κ1) is 20.5. The van der Waals surface area contributed by atoms with Gasteiger partial charge in [0.15, 0.2) is 5.88 Å². The van der Waals surface area contributed by atoms with Gasteiger partial charge in [-0.1, -0.05) is 60.7 Å². The standard InChI is InChI=1S/C25H27N3O4/c1-26-15-27(2)25-22(24(26)29)19-13-18(16-9-5-3-6-10-16)21(28(30)31)14-20(19)23(32-25)17-11-7-4-8-12-17/h3-12,18-21,23H,13-15H2,1-2H3/t18-,19-,20-,21+,23+/m0/s1. The maximum absolute atomic E-state index is 13.3. The largest absolute Gasteiger partial charge is 0.470 e. The molecule has 0 spiro atoms. The first-order chi connectivity index (χ1) is 15.5. The SMILES string of the molecule is CN1CN(C)C2=C(C1=O)[C@H]1C[C@@H](c3ccccc3)[C@H]([N+](=O)[O-])C[C@@H]1[C@@H](c1ccccc1)O2. The minimum absolute atomic E-state index is 0.0361. The monoisotopic (exact) mass is 433 g/mol. The second-order valence-corrected chi connectivity index (χ2v) is 9.12. The lowest BCUT2D eigenvalue weighted by molar-refractivity contribution is -0.533. The van der Waals surface area contributed by atoms with Crippen molar-refractivity contribution in [3.05, 3.63) is 93.4 Å². The van der Waals surface area contributed by atoms with Gasteiger partial charge in [-0.05, 0) is 17.5 Å². The van der Waals surface area contributed by atoms with Gasteiger partial charge >= 0.3 is 0 Å². The number of fused-ring (bicyclic) bond motifs is 2. The van der Waals surface area contributed by atoms with Crippen LogP contribution >= 0.6 is 0 Å². The number of likely N-dealkylation sites (N-methyl/N-ethyl adjacent to an activating group) is 1. The number of hydrogen-bond donors (Lipinski definition) is 0. The van der Waals surface area contributed by atoms with Crippen LogP contribution in [-0.4, -0.2) is 47.4 Å². The van der Waals surface area contributed by atoms with Gasteiger partial charge in [0.05, 0.1) is 18.2 Å². The fraction of sp³-hybridized carbons (Fsp3) is 0.400. The number of carbonyl (C=O) groups is 1. The summed E-state index contributed by atoms with van der Waals surface area (Å²) in [6.45, 7) is 0.455. The van der Waals surface area contributed by atoms with Crippen LogP contribution in [0.4, 0.5) is 0 Å². The van der Waals surface area contributed by atoms with Crippen LogP contribution in [0.5, 0.6) is 0 Å². The molecule has 7 nitrogen and oxygen atoms in total. The fourth-order valence-electron chi connectivity index (χ4n) is 5.76. The van der Waals surface area contributed by atoms with Crippen LogP contribution in [0.3, 0.4) is 0 Å². The Morgan fingerprint density at radius 3 is 2.16 bits per heavy atom. The molecule has 1 fully saturated rings. The Morgan fingerprint density at radius 2 is 1.53 bits per heavy atom. The fourth-order valence-corrected chi connectivity index (χ4v) is 5.76. The van der Waals surface area contributed by atoms with E-state index in [9.17, 15) is 14.9 Å². The van der Waals surface area contributed by atoms with E-state index in [4.69, 9.17) is 4.74 Å². The van der Waals surface area contributed by atoms with E-state index in [0.717, 1.165) is 11.1 Å². The maximum atomic E-state index is 13.3. The summed E-state index contributed by atoms with van der Waals surface area (Å²) < 4.78 is 6.48. The highest BCUT2D eigenvalue weighted by Gasteiger charge is 2.54. The second kappa shape index (κ2) is 7.97. The highest BCUT2D eigenvalue weighted by molar-refractivity contribution is 5.95. The van der Waals surface area contributed by atoms with Crippen LogP contribution in [0.15, 0.2) is 72.1 Å². The van der Waals surface area contributed by atoms with Crippen molar-refractivity contribution in [3.8, 4) is 0 Å². The molecule has 0 saturated heterocycles. The lowest BCUT2D eigenvalue weighted by atomic mass is 9.63. The molecule has 2 heterocycles. The van der Waals surface area contributed by atoms with E-state index in [1.54, 1.807) is 11.9 Å². The molecule has 0 bridgehead atoms. The van der Waals surface area contributed by atoms with Crippen molar-refractivity contribution in [2.24, 2.45) is 11.8 Å². The zero-order valence-corrected chi connectivity index (χ0v) is 18.3. The molecule has 0 radical (unpaired) electrons. The van der Waals surface area contributed by atoms with E-state index in [0.29, 0.717) is 31.0 Å².